The third-order valence-corrected chi connectivity index (χ3v) is 3.87. The van der Waals surface area contributed by atoms with Crippen LogP contribution in [0.5, 0.6) is 0 Å². The molecule has 7 nitrogen and oxygen atoms in total. The summed E-state index contributed by atoms with van der Waals surface area (Å²) in [6, 6.07) is 8.43. The number of nitrogens with zero attached hydrogens (tertiary/aromatic N) is 2. The predicted octanol–water partition coefficient (Wildman–Crippen LogP) is 2.27. The lowest BCUT2D eigenvalue weighted by molar-refractivity contribution is 0.0934. The lowest BCUT2D eigenvalue weighted by Crippen LogP contribution is -2.38. The predicted molar refractivity (Wildman–Crippen MR) is 93.4 cm³/mol. The van der Waals surface area contributed by atoms with Crippen LogP contribution >= 0.6 is 0 Å². The molecular weight excluding hydrogens is 320 g/mol. The van der Waals surface area contributed by atoms with E-state index >= 15 is 0 Å². The Balaban J connectivity index is 1.70. The molecule has 3 rings (SSSR count). The number of carbonyl (C=O) groups excluding carboxylic acids is 1. The molecule has 1 amide bonds. The van der Waals surface area contributed by atoms with E-state index in [1.807, 2.05) is 31.5 Å². The first kappa shape index (κ1) is 16.8. The summed E-state index contributed by atoms with van der Waals surface area (Å²) in [5, 5.41) is 7.21. The van der Waals surface area contributed by atoms with Crippen LogP contribution in [0.1, 0.15) is 28.7 Å². The summed E-state index contributed by atoms with van der Waals surface area (Å²) in [6.07, 6.45) is 1.52. The molecule has 0 aliphatic heterocycles. The SMILES string of the molecule is Cc1cc(C)n(C[C@H](C)NC(=O)c2ccc(-c3ccco3)[nH]c2=O)n1. The second-order valence-electron chi connectivity index (χ2n) is 6.08. The number of hydrogen-bond donors (Lipinski definition) is 2. The van der Waals surface area contributed by atoms with Crippen molar-refractivity contribution in [3.63, 3.8) is 0 Å². The quantitative estimate of drug-likeness (QED) is 0.745. The zero-order valence-corrected chi connectivity index (χ0v) is 14.4. The Hall–Kier alpha value is -3.09. The molecule has 0 fully saturated rings. The minimum Gasteiger partial charge on any atom is -0.463 e. The molecule has 0 aromatic carbocycles. The van der Waals surface area contributed by atoms with Crippen molar-refractivity contribution >= 4 is 5.91 Å². The summed E-state index contributed by atoms with van der Waals surface area (Å²) >= 11 is 0. The summed E-state index contributed by atoms with van der Waals surface area (Å²) in [5.74, 6) is 0.128. The van der Waals surface area contributed by atoms with Crippen molar-refractivity contribution < 1.29 is 9.21 Å². The standard InChI is InChI=1S/C18H20N4O3/c1-11-9-13(3)22(21-11)10-12(2)19-17(23)14-6-7-15(20-18(14)24)16-5-4-8-25-16/h4-9,12H,10H2,1-3H3,(H,19,23)(H,20,24)/t12-/m0/s1. The van der Waals surface area contributed by atoms with E-state index in [9.17, 15) is 9.59 Å². The zero-order valence-electron chi connectivity index (χ0n) is 14.4. The molecule has 2 N–H and O–H groups in total. The number of aromatic amines is 1. The van der Waals surface area contributed by atoms with Crippen molar-refractivity contribution in [2.75, 3.05) is 0 Å². The minimum absolute atomic E-state index is 0.0653. The number of carbonyl (C=O) groups is 1. The van der Waals surface area contributed by atoms with Gasteiger partial charge in [0, 0.05) is 11.7 Å². The number of rotatable bonds is 5. The van der Waals surface area contributed by atoms with Crippen molar-refractivity contribution in [2.24, 2.45) is 0 Å². The molecule has 7 heteroatoms. The van der Waals surface area contributed by atoms with Crippen molar-refractivity contribution in [1.82, 2.24) is 20.1 Å². The van der Waals surface area contributed by atoms with E-state index in [1.54, 1.807) is 18.2 Å². The zero-order chi connectivity index (χ0) is 18.0. The Morgan fingerprint density at radius 1 is 1.36 bits per heavy atom. The van der Waals surface area contributed by atoms with Gasteiger partial charge in [0.1, 0.15) is 11.3 Å². The summed E-state index contributed by atoms with van der Waals surface area (Å²) < 4.78 is 7.08. The maximum atomic E-state index is 12.4. The molecule has 3 heterocycles. The Morgan fingerprint density at radius 2 is 2.16 bits per heavy atom. The fourth-order valence-corrected chi connectivity index (χ4v) is 2.69. The fraction of sp³-hybridized carbons (Fsp3) is 0.278. The maximum absolute atomic E-state index is 12.4. The van der Waals surface area contributed by atoms with Crippen molar-refractivity contribution in [2.45, 2.75) is 33.4 Å². The Kier molecular flexibility index (Phi) is 4.56. The van der Waals surface area contributed by atoms with Crippen LogP contribution in [-0.2, 0) is 6.54 Å². The minimum atomic E-state index is -0.454. The van der Waals surface area contributed by atoms with Crippen molar-refractivity contribution in [3.05, 3.63) is 63.9 Å². The van der Waals surface area contributed by atoms with Crippen molar-refractivity contribution in [1.29, 1.82) is 0 Å². The van der Waals surface area contributed by atoms with Gasteiger partial charge in [0.15, 0.2) is 0 Å². The van der Waals surface area contributed by atoms with E-state index in [4.69, 9.17) is 4.42 Å². The first-order valence-electron chi connectivity index (χ1n) is 8.03. The van der Waals surface area contributed by atoms with Crippen LogP contribution in [0.4, 0.5) is 0 Å². The molecule has 0 radical (unpaired) electrons. The van der Waals surface area contributed by atoms with Gasteiger partial charge in [-0.3, -0.25) is 14.3 Å². The van der Waals surface area contributed by atoms with Crippen LogP contribution in [0.2, 0.25) is 0 Å². The first-order chi connectivity index (χ1) is 11.9. The van der Waals surface area contributed by atoms with Gasteiger partial charge in [-0.25, -0.2) is 0 Å². The van der Waals surface area contributed by atoms with Gasteiger partial charge in [-0.2, -0.15) is 5.10 Å². The third kappa shape index (κ3) is 3.71. The highest BCUT2D eigenvalue weighted by Crippen LogP contribution is 2.15. The summed E-state index contributed by atoms with van der Waals surface area (Å²) in [6.45, 7) is 6.30. The molecule has 0 aliphatic carbocycles. The number of amides is 1. The van der Waals surface area contributed by atoms with Gasteiger partial charge in [0.2, 0.25) is 0 Å². The molecule has 0 saturated carbocycles. The normalized spacial score (nSPS) is 12.1. The Bertz CT molecular complexity index is 938. The number of hydrogen-bond acceptors (Lipinski definition) is 4. The van der Waals surface area contributed by atoms with E-state index in [0.29, 0.717) is 18.0 Å². The van der Waals surface area contributed by atoms with E-state index in [1.165, 1.54) is 12.3 Å². The molecule has 130 valence electrons. The number of furan rings is 1. The highest BCUT2D eigenvalue weighted by Gasteiger charge is 2.15. The number of H-pyrrole nitrogens is 1. The third-order valence-electron chi connectivity index (χ3n) is 3.87. The number of aromatic nitrogens is 3. The van der Waals surface area contributed by atoms with Gasteiger partial charge >= 0.3 is 0 Å². The van der Waals surface area contributed by atoms with Gasteiger partial charge < -0.3 is 14.7 Å². The Morgan fingerprint density at radius 3 is 2.76 bits per heavy atom. The van der Waals surface area contributed by atoms with Gasteiger partial charge in [0.25, 0.3) is 11.5 Å². The monoisotopic (exact) mass is 340 g/mol. The molecule has 3 aromatic heterocycles. The summed E-state index contributed by atoms with van der Waals surface area (Å²) in [4.78, 5) is 27.2. The average molecular weight is 340 g/mol. The highest BCUT2D eigenvalue weighted by atomic mass is 16.3. The molecular formula is C18H20N4O3. The number of pyridine rings is 1. The van der Waals surface area contributed by atoms with E-state index in [-0.39, 0.29) is 11.6 Å². The molecule has 0 unspecified atom stereocenters. The van der Waals surface area contributed by atoms with Crippen molar-refractivity contribution in [3.8, 4) is 11.5 Å². The second kappa shape index (κ2) is 6.80. The number of nitrogens with one attached hydrogen (secondary N) is 2. The topological polar surface area (TPSA) is 92.9 Å². The summed E-state index contributed by atoms with van der Waals surface area (Å²) in [5.41, 5.74) is 2.10. The van der Waals surface area contributed by atoms with Gasteiger partial charge in [0.05, 0.1) is 24.2 Å². The average Bonchev–Trinajstić information content (AvgIpc) is 3.17. The molecule has 1 atom stereocenters. The van der Waals surface area contributed by atoms with Crippen LogP contribution in [-0.4, -0.2) is 26.7 Å². The first-order valence-corrected chi connectivity index (χ1v) is 8.03. The van der Waals surface area contributed by atoms with Gasteiger partial charge in [-0.1, -0.05) is 0 Å². The Labute approximate surface area is 144 Å². The van der Waals surface area contributed by atoms with E-state index in [2.05, 4.69) is 15.4 Å². The molecule has 0 spiro atoms. The van der Waals surface area contributed by atoms with Crippen LogP contribution in [0.15, 0.2) is 45.8 Å². The fourth-order valence-electron chi connectivity index (χ4n) is 2.69. The molecule has 25 heavy (non-hydrogen) atoms. The smallest absolute Gasteiger partial charge is 0.261 e. The van der Waals surface area contributed by atoms with E-state index < -0.39 is 11.5 Å². The second-order valence-corrected chi connectivity index (χ2v) is 6.08. The lowest BCUT2D eigenvalue weighted by Gasteiger charge is -2.15. The van der Waals surface area contributed by atoms with Gasteiger partial charge in [-0.05, 0) is 51.1 Å². The van der Waals surface area contributed by atoms with Crippen LogP contribution in [0.3, 0.4) is 0 Å². The molecule has 0 aliphatic rings. The van der Waals surface area contributed by atoms with E-state index in [0.717, 1.165) is 11.4 Å². The molecule has 3 aromatic rings. The highest BCUT2D eigenvalue weighted by molar-refractivity contribution is 5.94. The van der Waals surface area contributed by atoms with Crippen LogP contribution < -0.4 is 10.9 Å². The maximum Gasteiger partial charge on any atom is 0.261 e. The molecule has 0 saturated heterocycles. The largest absolute Gasteiger partial charge is 0.463 e. The van der Waals surface area contributed by atoms with Crippen LogP contribution in [0, 0.1) is 13.8 Å². The summed E-state index contributed by atoms with van der Waals surface area (Å²) in [7, 11) is 0. The number of aryl methyl sites for hydroxylation is 2. The molecule has 0 bridgehead atoms. The lowest BCUT2D eigenvalue weighted by atomic mass is 10.2. The van der Waals surface area contributed by atoms with Gasteiger partial charge in [-0.15, -0.1) is 0 Å². The van der Waals surface area contributed by atoms with Crippen LogP contribution in [0.25, 0.3) is 11.5 Å².